The Bertz CT molecular complexity index is 593. The van der Waals surface area contributed by atoms with Gasteiger partial charge in [0, 0.05) is 12.4 Å². The topological polar surface area (TPSA) is 97.9 Å². The Balaban J connectivity index is 1.67. The summed E-state index contributed by atoms with van der Waals surface area (Å²) in [6, 6.07) is 1.41. The average molecular weight is 276 g/mol. The maximum atomic E-state index is 12.1. The largest absolute Gasteiger partial charge is 0.391 e. The van der Waals surface area contributed by atoms with Gasteiger partial charge < -0.3 is 10.4 Å². The van der Waals surface area contributed by atoms with E-state index in [1.54, 1.807) is 23.1 Å². The van der Waals surface area contributed by atoms with Gasteiger partial charge in [0.15, 0.2) is 5.69 Å². The van der Waals surface area contributed by atoms with Gasteiger partial charge in [0.25, 0.3) is 5.91 Å². The minimum Gasteiger partial charge on any atom is -0.391 e. The molecule has 1 saturated carbocycles. The molecule has 1 aliphatic rings. The number of aliphatic hydroxyl groups excluding tert-OH is 1. The highest BCUT2D eigenvalue weighted by Gasteiger charge is 2.42. The number of carbonyl (C=O) groups excluding carboxylic acids is 1. The molecule has 2 N–H and O–H groups in total. The van der Waals surface area contributed by atoms with Crippen molar-refractivity contribution in [2.24, 2.45) is 0 Å². The van der Waals surface area contributed by atoms with Gasteiger partial charge in [-0.05, 0) is 19.4 Å². The van der Waals surface area contributed by atoms with E-state index in [2.05, 4.69) is 20.6 Å². The van der Waals surface area contributed by atoms with Gasteiger partial charge in [-0.3, -0.25) is 9.48 Å². The summed E-state index contributed by atoms with van der Waals surface area (Å²) < 4.78 is 1.67. The molecule has 0 aliphatic heterocycles. The first kappa shape index (κ1) is 12.8. The number of rotatable bonds is 4. The Morgan fingerprint density at radius 1 is 1.55 bits per heavy atom. The zero-order valence-corrected chi connectivity index (χ0v) is 11.0. The van der Waals surface area contributed by atoms with Gasteiger partial charge in [0.05, 0.1) is 30.9 Å². The number of hydrogen-bond acceptors (Lipinski definition) is 5. The Hall–Kier alpha value is -2.22. The van der Waals surface area contributed by atoms with Gasteiger partial charge in [0.1, 0.15) is 0 Å². The molecular weight excluding hydrogens is 260 g/mol. The van der Waals surface area contributed by atoms with E-state index in [9.17, 15) is 9.90 Å². The van der Waals surface area contributed by atoms with Crippen molar-refractivity contribution in [3.63, 3.8) is 0 Å². The van der Waals surface area contributed by atoms with Crippen LogP contribution < -0.4 is 5.32 Å². The zero-order valence-electron chi connectivity index (χ0n) is 11.0. The van der Waals surface area contributed by atoms with Crippen molar-refractivity contribution in [3.8, 4) is 0 Å². The summed E-state index contributed by atoms with van der Waals surface area (Å²) in [5, 5.41) is 24.8. The third kappa shape index (κ3) is 2.18. The molecule has 3 rings (SSSR count). The molecular formula is C12H16N6O2. The number of hydrogen-bond donors (Lipinski definition) is 2. The van der Waals surface area contributed by atoms with E-state index in [4.69, 9.17) is 0 Å². The molecule has 1 fully saturated rings. The Morgan fingerprint density at radius 3 is 3.00 bits per heavy atom. The molecule has 106 valence electrons. The molecule has 1 amide bonds. The number of nitrogens with one attached hydrogen (secondary N) is 1. The molecule has 0 radical (unpaired) electrons. The molecule has 8 nitrogen and oxygen atoms in total. The Morgan fingerprint density at radius 2 is 2.40 bits per heavy atom. The summed E-state index contributed by atoms with van der Waals surface area (Å²) >= 11 is 0. The van der Waals surface area contributed by atoms with E-state index in [0.29, 0.717) is 13.0 Å². The van der Waals surface area contributed by atoms with Crippen LogP contribution in [0.1, 0.15) is 29.9 Å². The third-order valence-corrected chi connectivity index (χ3v) is 3.50. The van der Waals surface area contributed by atoms with Crippen LogP contribution >= 0.6 is 0 Å². The first-order valence-electron chi connectivity index (χ1n) is 6.57. The second kappa shape index (κ2) is 5.04. The number of aliphatic hydroxyl groups is 1. The first-order valence-corrected chi connectivity index (χ1v) is 6.57. The van der Waals surface area contributed by atoms with Crippen molar-refractivity contribution in [1.82, 2.24) is 30.1 Å². The van der Waals surface area contributed by atoms with Gasteiger partial charge in [-0.1, -0.05) is 0 Å². The van der Waals surface area contributed by atoms with Gasteiger partial charge in [-0.2, -0.15) is 15.0 Å². The van der Waals surface area contributed by atoms with Crippen molar-refractivity contribution in [1.29, 1.82) is 0 Å². The van der Waals surface area contributed by atoms with E-state index in [0.717, 1.165) is 0 Å². The molecule has 2 aromatic rings. The van der Waals surface area contributed by atoms with Crippen LogP contribution in [0.3, 0.4) is 0 Å². The minimum atomic E-state index is -0.494. The molecule has 1 aliphatic carbocycles. The monoisotopic (exact) mass is 276 g/mol. The lowest BCUT2D eigenvalue weighted by Crippen LogP contribution is -2.56. The molecule has 0 saturated heterocycles. The summed E-state index contributed by atoms with van der Waals surface area (Å²) in [5.41, 5.74) is 0.285. The van der Waals surface area contributed by atoms with Gasteiger partial charge in [0.2, 0.25) is 0 Å². The number of aryl methyl sites for hydroxylation is 1. The van der Waals surface area contributed by atoms with Crippen LogP contribution in [0.15, 0.2) is 24.7 Å². The standard InChI is InChI=1S/C12H16N6O2/c1-2-18-14-7-9(16-18)12(20)15-8-6-10(19)11(8)17-5-3-4-13-17/h3-5,7-8,10-11,19H,2,6H2,1H3,(H,15,20)/t8-,10+,11+/m0/s1. The van der Waals surface area contributed by atoms with Crippen LogP contribution in [-0.2, 0) is 6.54 Å². The van der Waals surface area contributed by atoms with Crippen LogP contribution in [0.2, 0.25) is 0 Å². The lowest BCUT2D eigenvalue weighted by molar-refractivity contribution is -0.00596. The molecule has 0 unspecified atom stereocenters. The molecule has 2 heterocycles. The highest BCUT2D eigenvalue weighted by Crippen LogP contribution is 2.32. The highest BCUT2D eigenvalue weighted by atomic mass is 16.3. The maximum absolute atomic E-state index is 12.1. The normalized spacial score (nSPS) is 25.2. The number of carbonyl (C=O) groups is 1. The SMILES string of the molecule is CCn1ncc(C(=O)N[C@H]2C[C@@H](O)[C@@H]2n2cccn2)n1. The smallest absolute Gasteiger partial charge is 0.273 e. The molecule has 0 aromatic carbocycles. The fraction of sp³-hybridized carbons (Fsp3) is 0.500. The van der Waals surface area contributed by atoms with Crippen molar-refractivity contribution in [3.05, 3.63) is 30.4 Å². The van der Waals surface area contributed by atoms with Crippen LogP contribution in [0.25, 0.3) is 0 Å². The van der Waals surface area contributed by atoms with E-state index < -0.39 is 6.10 Å². The lowest BCUT2D eigenvalue weighted by Gasteiger charge is -2.41. The molecule has 8 heteroatoms. The van der Waals surface area contributed by atoms with Crippen LogP contribution in [0.5, 0.6) is 0 Å². The first-order chi connectivity index (χ1) is 9.69. The van der Waals surface area contributed by atoms with Crippen molar-refractivity contribution < 1.29 is 9.90 Å². The molecule has 20 heavy (non-hydrogen) atoms. The van der Waals surface area contributed by atoms with Crippen LogP contribution in [0, 0.1) is 0 Å². The maximum Gasteiger partial charge on any atom is 0.273 e. The van der Waals surface area contributed by atoms with Gasteiger partial charge >= 0.3 is 0 Å². The van der Waals surface area contributed by atoms with E-state index in [1.807, 2.05) is 6.92 Å². The average Bonchev–Trinajstić information content (AvgIpc) is 3.08. The molecule has 0 spiro atoms. The summed E-state index contributed by atoms with van der Waals surface area (Å²) in [7, 11) is 0. The minimum absolute atomic E-state index is 0.149. The van der Waals surface area contributed by atoms with E-state index in [-0.39, 0.29) is 23.7 Å². The zero-order chi connectivity index (χ0) is 14.1. The predicted octanol–water partition coefficient (Wildman–Crippen LogP) is -0.401. The number of amides is 1. The van der Waals surface area contributed by atoms with Crippen molar-refractivity contribution in [2.75, 3.05) is 0 Å². The van der Waals surface area contributed by atoms with E-state index >= 15 is 0 Å². The van der Waals surface area contributed by atoms with Gasteiger partial charge in [-0.15, -0.1) is 5.10 Å². The summed E-state index contributed by atoms with van der Waals surface area (Å²) in [6.07, 6.45) is 4.89. The Kier molecular flexibility index (Phi) is 3.23. The Labute approximate surface area is 115 Å². The number of aromatic nitrogens is 5. The number of nitrogens with zero attached hydrogens (tertiary/aromatic N) is 5. The molecule has 3 atom stereocenters. The molecule has 2 aromatic heterocycles. The van der Waals surface area contributed by atoms with E-state index in [1.165, 1.54) is 11.0 Å². The van der Waals surface area contributed by atoms with Crippen LogP contribution in [-0.4, -0.2) is 47.9 Å². The lowest BCUT2D eigenvalue weighted by atomic mass is 9.83. The summed E-state index contributed by atoms with van der Waals surface area (Å²) in [4.78, 5) is 13.5. The molecule has 0 bridgehead atoms. The summed E-state index contributed by atoms with van der Waals surface area (Å²) in [6.45, 7) is 2.52. The second-order valence-corrected chi connectivity index (χ2v) is 4.78. The van der Waals surface area contributed by atoms with Gasteiger partial charge in [-0.25, -0.2) is 0 Å². The second-order valence-electron chi connectivity index (χ2n) is 4.78. The highest BCUT2D eigenvalue weighted by molar-refractivity contribution is 5.92. The summed E-state index contributed by atoms with van der Waals surface area (Å²) in [5.74, 6) is -0.279. The van der Waals surface area contributed by atoms with Crippen molar-refractivity contribution in [2.45, 2.75) is 38.1 Å². The third-order valence-electron chi connectivity index (χ3n) is 3.50. The quantitative estimate of drug-likeness (QED) is 0.791. The predicted molar refractivity (Wildman–Crippen MR) is 68.8 cm³/mol. The van der Waals surface area contributed by atoms with Crippen LogP contribution in [0.4, 0.5) is 0 Å². The fourth-order valence-corrected chi connectivity index (χ4v) is 2.37. The fourth-order valence-electron chi connectivity index (χ4n) is 2.37. The van der Waals surface area contributed by atoms with Crippen molar-refractivity contribution >= 4 is 5.91 Å².